The van der Waals surface area contributed by atoms with Gasteiger partial charge >= 0.3 is 0 Å². The molecule has 2 aromatic heterocycles. The van der Waals surface area contributed by atoms with E-state index in [1.807, 2.05) is 53.4 Å². The van der Waals surface area contributed by atoms with Gasteiger partial charge in [-0.2, -0.15) is 0 Å². The van der Waals surface area contributed by atoms with Gasteiger partial charge in [0, 0.05) is 42.3 Å². The maximum atomic E-state index is 13.6. The zero-order valence-electron chi connectivity index (χ0n) is 18.6. The molecule has 0 bridgehead atoms. The molecule has 1 fully saturated rings. The van der Waals surface area contributed by atoms with Gasteiger partial charge in [-0.3, -0.25) is 9.78 Å². The number of aromatic nitrogens is 3. The fourth-order valence-electron chi connectivity index (χ4n) is 4.34. The minimum Gasteiger partial charge on any atom is -0.330 e. The normalized spacial score (nSPS) is 15.3. The standard InChI is InChI=1S/C27H24FN5O/c28-21-8-1-6-19(16-21)17-22-10-3-11-24(31-22)25-12-4-15-33(25)26(34)20-7-2-9-23(18-20)32-27-29-13-5-14-30-27/h1-3,5-11,13-14,16,18,25H,4,12,15,17H2,(H,29,30,32)/t25-/m0/s1. The second-order valence-electron chi connectivity index (χ2n) is 8.30. The molecule has 2 aromatic carbocycles. The molecular formula is C27H24FN5O. The number of nitrogens with one attached hydrogen (secondary N) is 1. The van der Waals surface area contributed by atoms with Crippen LogP contribution in [-0.4, -0.2) is 32.3 Å². The smallest absolute Gasteiger partial charge is 0.254 e. The van der Waals surface area contributed by atoms with Crippen LogP contribution in [0.1, 0.15) is 46.2 Å². The third-order valence-electron chi connectivity index (χ3n) is 5.89. The summed E-state index contributed by atoms with van der Waals surface area (Å²) in [5, 5.41) is 3.14. The summed E-state index contributed by atoms with van der Waals surface area (Å²) in [7, 11) is 0. The van der Waals surface area contributed by atoms with Crippen molar-refractivity contribution in [2.75, 3.05) is 11.9 Å². The fourth-order valence-corrected chi connectivity index (χ4v) is 4.34. The monoisotopic (exact) mass is 453 g/mol. The van der Waals surface area contributed by atoms with Crippen molar-refractivity contribution in [2.45, 2.75) is 25.3 Å². The second kappa shape index (κ2) is 9.79. The molecule has 1 aliphatic heterocycles. The molecule has 1 saturated heterocycles. The molecule has 0 radical (unpaired) electrons. The predicted molar refractivity (Wildman–Crippen MR) is 128 cm³/mol. The molecule has 170 valence electrons. The largest absolute Gasteiger partial charge is 0.330 e. The van der Waals surface area contributed by atoms with Gasteiger partial charge < -0.3 is 10.2 Å². The fraction of sp³-hybridized carbons (Fsp3) is 0.185. The summed E-state index contributed by atoms with van der Waals surface area (Å²) < 4.78 is 13.6. The Balaban J connectivity index is 1.34. The predicted octanol–water partition coefficient (Wildman–Crippen LogP) is 5.32. The van der Waals surface area contributed by atoms with Crippen molar-refractivity contribution in [3.05, 3.63) is 114 Å². The van der Waals surface area contributed by atoms with Crippen molar-refractivity contribution in [1.29, 1.82) is 0 Å². The first-order chi connectivity index (χ1) is 16.7. The maximum absolute atomic E-state index is 13.6. The first-order valence-corrected chi connectivity index (χ1v) is 11.3. The number of benzene rings is 2. The van der Waals surface area contributed by atoms with Crippen molar-refractivity contribution < 1.29 is 9.18 Å². The number of rotatable bonds is 6. The molecule has 1 N–H and O–H groups in total. The molecule has 5 rings (SSSR count). The molecule has 0 spiro atoms. The summed E-state index contributed by atoms with van der Waals surface area (Å²) >= 11 is 0. The molecule has 1 aliphatic rings. The van der Waals surface area contributed by atoms with E-state index in [4.69, 9.17) is 4.98 Å². The molecule has 3 heterocycles. The molecule has 1 atom stereocenters. The maximum Gasteiger partial charge on any atom is 0.254 e. The van der Waals surface area contributed by atoms with Gasteiger partial charge in [0.15, 0.2) is 0 Å². The summed E-state index contributed by atoms with van der Waals surface area (Å²) in [4.78, 5) is 28.5. The van der Waals surface area contributed by atoms with Crippen LogP contribution in [0.15, 0.2) is 85.2 Å². The van der Waals surface area contributed by atoms with E-state index in [9.17, 15) is 9.18 Å². The number of nitrogens with zero attached hydrogens (tertiary/aromatic N) is 4. The van der Waals surface area contributed by atoms with Crippen LogP contribution >= 0.6 is 0 Å². The van der Waals surface area contributed by atoms with E-state index in [1.54, 1.807) is 24.5 Å². The summed E-state index contributed by atoms with van der Waals surface area (Å²) in [5.74, 6) is 0.194. The van der Waals surface area contributed by atoms with Crippen LogP contribution in [0.5, 0.6) is 0 Å². The molecule has 34 heavy (non-hydrogen) atoms. The molecule has 6 nitrogen and oxygen atoms in total. The summed E-state index contributed by atoms with van der Waals surface area (Å²) in [6, 6.07) is 21.5. The Bertz CT molecular complexity index is 1300. The van der Waals surface area contributed by atoms with Crippen LogP contribution in [0.3, 0.4) is 0 Å². The van der Waals surface area contributed by atoms with E-state index in [-0.39, 0.29) is 17.8 Å². The number of anilines is 2. The van der Waals surface area contributed by atoms with Crippen molar-refractivity contribution >= 4 is 17.5 Å². The number of halogens is 1. The Kier molecular flexibility index (Phi) is 6.25. The Morgan fingerprint density at radius 1 is 1.00 bits per heavy atom. The number of carbonyl (C=O) groups is 1. The van der Waals surface area contributed by atoms with Gasteiger partial charge in [-0.05, 0) is 66.9 Å². The molecule has 0 unspecified atom stereocenters. The highest BCUT2D eigenvalue weighted by Gasteiger charge is 2.31. The molecule has 0 aliphatic carbocycles. The van der Waals surface area contributed by atoms with Gasteiger partial charge in [-0.15, -0.1) is 0 Å². The quantitative estimate of drug-likeness (QED) is 0.428. The van der Waals surface area contributed by atoms with Crippen LogP contribution in [-0.2, 0) is 6.42 Å². The number of hydrogen-bond donors (Lipinski definition) is 1. The lowest BCUT2D eigenvalue weighted by atomic mass is 10.1. The SMILES string of the molecule is O=C(c1cccc(Nc2ncccn2)c1)N1CCC[C@H]1c1cccc(Cc2cccc(F)c2)n1. The summed E-state index contributed by atoms with van der Waals surface area (Å²) in [6.07, 6.45) is 5.64. The zero-order valence-corrected chi connectivity index (χ0v) is 18.6. The van der Waals surface area contributed by atoms with Crippen LogP contribution in [0.4, 0.5) is 16.0 Å². The van der Waals surface area contributed by atoms with Gasteiger partial charge in [0.05, 0.1) is 11.7 Å². The Hall–Kier alpha value is -4.13. The lowest BCUT2D eigenvalue weighted by Gasteiger charge is -2.25. The summed E-state index contributed by atoms with van der Waals surface area (Å²) in [6.45, 7) is 0.679. The molecule has 4 aromatic rings. The van der Waals surface area contributed by atoms with E-state index < -0.39 is 0 Å². The van der Waals surface area contributed by atoms with Crippen LogP contribution in [0, 0.1) is 5.82 Å². The van der Waals surface area contributed by atoms with Gasteiger partial charge in [-0.1, -0.05) is 24.3 Å². The highest BCUT2D eigenvalue weighted by molar-refractivity contribution is 5.95. The number of amides is 1. The first kappa shape index (κ1) is 21.7. The average Bonchev–Trinajstić information content (AvgIpc) is 3.35. The second-order valence-corrected chi connectivity index (χ2v) is 8.30. The molecular weight excluding hydrogens is 429 g/mol. The number of carbonyl (C=O) groups excluding carboxylic acids is 1. The lowest BCUT2D eigenvalue weighted by molar-refractivity contribution is 0.0733. The average molecular weight is 454 g/mol. The molecule has 0 saturated carbocycles. The Morgan fingerprint density at radius 2 is 1.82 bits per heavy atom. The van der Waals surface area contributed by atoms with Crippen molar-refractivity contribution in [2.24, 2.45) is 0 Å². The molecule has 1 amide bonds. The lowest BCUT2D eigenvalue weighted by Crippen LogP contribution is -2.31. The summed E-state index contributed by atoms with van der Waals surface area (Å²) in [5.41, 5.74) is 3.95. The van der Waals surface area contributed by atoms with Crippen molar-refractivity contribution in [1.82, 2.24) is 19.9 Å². The van der Waals surface area contributed by atoms with Gasteiger partial charge in [-0.25, -0.2) is 14.4 Å². The minimum absolute atomic E-state index is 0.0301. The van der Waals surface area contributed by atoms with E-state index in [0.29, 0.717) is 24.5 Å². The van der Waals surface area contributed by atoms with Crippen LogP contribution < -0.4 is 5.32 Å². The number of hydrogen-bond acceptors (Lipinski definition) is 5. The van der Waals surface area contributed by atoms with Gasteiger partial charge in [0.25, 0.3) is 5.91 Å². The van der Waals surface area contributed by atoms with Crippen LogP contribution in [0.2, 0.25) is 0 Å². The molecule has 7 heteroatoms. The first-order valence-electron chi connectivity index (χ1n) is 11.3. The van der Waals surface area contributed by atoms with E-state index >= 15 is 0 Å². The third-order valence-corrected chi connectivity index (χ3v) is 5.89. The van der Waals surface area contributed by atoms with Gasteiger partial charge in [0.1, 0.15) is 5.82 Å². The number of pyridine rings is 1. The van der Waals surface area contributed by atoms with Crippen molar-refractivity contribution in [3.8, 4) is 0 Å². The number of likely N-dealkylation sites (tertiary alicyclic amines) is 1. The van der Waals surface area contributed by atoms with E-state index in [2.05, 4.69) is 15.3 Å². The van der Waals surface area contributed by atoms with E-state index in [0.717, 1.165) is 35.5 Å². The topological polar surface area (TPSA) is 71.0 Å². The van der Waals surface area contributed by atoms with Gasteiger partial charge in [0.2, 0.25) is 5.95 Å². The Morgan fingerprint density at radius 3 is 2.68 bits per heavy atom. The van der Waals surface area contributed by atoms with Crippen LogP contribution in [0.25, 0.3) is 0 Å². The highest BCUT2D eigenvalue weighted by atomic mass is 19.1. The third kappa shape index (κ3) is 4.93. The Labute approximate surface area is 197 Å². The van der Waals surface area contributed by atoms with Crippen molar-refractivity contribution in [3.63, 3.8) is 0 Å². The minimum atomic E-state index is -0.253. The zero-order chi connectivity index (χ0) is 23.3. The van der Waals surface area contributed by atoms with E-state index in [1.165, 1.54) is 12.1 Å². The highest BCUT2D eigenvalue weighted by Crippen LogP contribution is 2.33.